The van der Waals surface area contributed by atoms with Crippen molar-refractivity contribution in [2.45, 2.75) is 12.8 Å². The smallest absolute Gasteiger partial charge is 0.295 e. The van der Waals surface area contributed by atoms with E-state index in [4.69, 9.17) is 10.5 Å². The molecule has 0 saturated heterocycles. The SMILES string of the molecule is Nc1c(OCCNCCCc2ccccc2)cccc1[N+](=O)[O-]. The van der Waals surface area contributed by atoms with Crippen molar-refractivity contribution in [1.29, 1.82) is 0 Å². The van der Waals surface area contributed by atoms with Crippen molar-refractivity contribution in [3.05, 3.63) is 64.2 Å². The molecule has 6 heteroatoms. The van der Waals surface area contributed by atoms with Crippen molar-refractivity contribution in [3.8, 4) is 5.75 Å². The molecular weight excluding hydrogens is 294 g/mol. The van der Waals surface area contributed by atoms with Crippen molar-refractivity contribution in [3.63, 3.8) is 0 Å². The second-order valence-corrected chi connectivity index (χ2v) is 5.13. The zero-order valence-corrected chi connectivity index (χ0v) is 12.9. The Labute approximate surface area is 135 Å². The summed E-state index contributed by atoms with van der Waals surface area (Å²) in [5.41, 5.74) is 7.00. The third-order valence-corrected chi connectivity index (χ3v) is 3.44. The van der Waals surface area contributed by atoms with E-state index in [1.807, 2.05) is 18.2 Å². The number of nitrogen functional groups attached to an aromatic ring is 1. The highest BCUT2D eigenvalue weighted by atomic mass is 16.6. The fourth-order valence-electron chi connectivity index (χ4n) is 2.24. The minimum atomic E-state index is -0.510. The summed E-state index contributed by atoms with van der Waals surface area (Å²) >= 11 is 0. The third-order valence-electron chi connectivity index (χ3n) is 3.44. The Morgan fingerprint density at radius 2 is 1.87 bits per heavy atom. The van der Waals surface area contributed by atoms with Crippen LogP contribution in [0.25, 0.3) is 0 Å². The lowest BCUT2D eigenvalue weighted by atomic mass is 10.1. The number of anilines is 1. The fourth-order valence-corrected chi connectivity index (χ4v) is 2.24. The van der Waals surface area contributed by atoms with E-state index in [0.717, 1.165) is 19.4 Å². The highest BCUT2D eigenvalue weighted by molar-refractivity contribution is 5.66. The van der Waals surface area contributed by atoms with Crippen LogP contribution in [0, 0.1) is 10.1 Å². The summed E-state index contributed by atoms with van der Waals surface area (Å²) in [6, 6.07) is 14.9. The Bertz CT molecular complexity index is 632. The zero-order chi connectivity index (χ0) is 16.5. The summed E-state index contributed by atoms with van der Waals surface area (Å²) < 4.78 is 5.50. The first-order chi connectivity index (χ1) is 11.2. The van der Waals surface area contributed by atoms with Crippen LogP contribution in [0.1, 0.15) is 12.0 Å². The predicted octanol–water partition coefficient (Wildman–Crippen LogP) is 2.78. The van der Waals surface area contributed by atoms with Crippen molar-refractivity contribution >= 4 is 11.4 Å². The van der Waals surface area contributed by atoms with Crippen molar-refractivity contribution in [2.24, 2.45) is 0 Å². The normalized spacial score (nSPS) is 10.4. The molecule has 0 aliphatic carbocycles. The number of nitrogens with zero attached hydrogens (tertiary/aromatic N) is 1. The molecule has 0 amide bonds. The minimum Gasteiger partial charge on any atom is -0.490 e. The molecule has 0 bridgehead atoms. The molecule has 0 radical (unpaired) electrons. The van der Waals surface area contributed by atoms with Crippen LogP contribution in [0.4, 0.5) is 11.4 Å². The molecular formula is C17H21N3O3. The molecule has 0 heterocycles. The van der Waals surface area contributed by atoms with Crippen molar-refractivity contribution in [1.82, 2.24) is 5.32 Å². The van der Waals surface area contributed by atoms with Crippen LogP contribution in [0.3, 0.4) is 0 Å². The number of nitrogens with one attached hydrogen (secondary N) is 1. The van der Waals surface area contributed by atoms with Gasteiger partial charge in [0.25, 0.3) is 5.69 Å². The molecule has 0 spiro atoms. The zero-order valence-electron chi connectivity index (χ0n) is 12.9. The molecule has 2 aromatic carbocycles. The maximum Gasteiger partial charge on any atom is 0.295 e. The molecule has 23 heavy (non-hydrogen) atoms. The number of aryl methyl sites for hydroxylation is 1. The van der Waals surface area contributed by atoms with Gasteiger partial charge in [0.2, 0.25) is 0 Å². The molecule has 0 atom stereocenters. The van der Waals surface area contributed by atoms with Crippen LogP contribution in [0.5, 0.6) is 5.75 Å². The van der Waals surface area contributed by atoms with E-state index in [1.165, 1.54) is 11.6 Å². The predicted molar refractivity (Wildman–Crippen MR) is 90.6 cm³/mol. The van der Waals surface area contributed by atoms with Gasteiger partial charge in [-0.1, -0.05) is 36.4 Å². The molecule has 0 unspecified atom stereocenters. The van der Waals surface area contributed by atoms with Gasteiger partial charge in [0, 0.05) is 12.6 Å². The van der Waals surface area contributed by atoms with Gasteiger partial charge in [0.1, 0.15) is 12.4 Å². The van der Waals surface area contributed by atoms with Crippen molar-refractivity contribution in [2.75, 3.05) is 25.4 Å². The molecule has 3 N–H and O–H groups in total. The van der Waals surface area contributed by atoms with Gasteiger partial charge >= 0.3 is 0 Å². The lowest BCUT2D eigenvalue weighted by molar-refractivity contribution is -0.384. The number of hydrogen-bond donors (Lipinski definition) is 2. The summed E-state index contributed by atoms with van der Waals surface area (Å²) in [7, 11) is 0. The van der Waals surface area contributed by atoms with Gasteiger partial charge < -0.3 is 15.8 Å². The summed E-state index contributed by atoms with van der Waals surface area (Å²) in [4.78, 5) is 10.3. The molecule has 122 valence electrons. The molecule has 0 aliphatic heterocycles. The molecule has 6 nitrogen and oxygen atoms in total. The van der Waals surface area contributed by atoms with E-state index in [0.29, 0.717) is 18.9 Å². The number of hydrogen-bond acceptors (Lipinski definition) is 5. The topological polar surface area (TPSA) is 90.4 Å². The molecule has 2 aromatic rings. The van der Waals surface area contributed by atoms with Gasteiger partial charge in [-0.2, -0.15) is 0 Å². The first-order valence-corrected chi connectivity index (χ1v) is 7.59. The van der Waals surface area contributed by atoms with Gasteiger partial charge in [0.15, 0.2) is 5.69 Å². The van der Waals surface area contributed by atoms with Gasteiger partial charge in [-0.3, -0.25) is 10.1 Å². The molecule has 0 saturated carbocycles. The largest absolute Gasteiger partial charge is 0.490 e. The number of ether oxygens (including phenoxy) is 1. The first kappa shape index (κ1) is 16.8. The summed E-state index contributed by atoms with van der Waals surface area (Å²) in [5.74, 6) is 0.352. The van der Waals surface area contributed by atoms with Crippen LogP contribution in [-0.4, -0.2) is 24.6 Å². The molecule has 0 fully saturated rings. The monoisotopic (exact) mass is 315 g/mol. The lowest BCUT2D eigenvalue weighted by Crippen LogP contribution is -2.22. The van der Waals surface area contributed by atoms with Gasteiger partial charge in [-0.25, -0.2) is 0 Å². The van der Waals surface area contributed by atoms with Crippen molar-refractivity contribution < 1.29 is 9.66 Å². The van der Waals surface area contributed by atoms with Crippen LogP contribution >= 0.6 is 0 Å². The van der Waals surface area contributed by atoms with Gasteiger partial charge in [0.05, 0.1) is 4.92 Å². The average Bonchev–Trinajstić information content (AvgIpc) is 2.56. The van der Waals surface area contributed by atoms with Gasteiger partial charge in [-0.15, -0.1) is 0 Å². The lowest BCUT2D eigenvalue weighted by Gasteiger charge is -2.09. The van der Waals surface area contributed by atoms with Crippen LogP contribution < -0.4 is 15.8 Å². The van der Waals surface area contributed by atoms with Crippen LogP contribution in [0.15, 0.2) is 48.5 Å². The number of rotatable bonds is 9. The highest BCUT2D eigenvalue weighted by Gasteiger charge is 2.14. The van der Waals surface area contributed by atoms with E-state index >= 15 is 0 Å². The number of benzene rings is 2. The van der Waals surface area contributed by atoms with Gasteiger partial charge in [-0.05, 0) is 31.0 Å². The highest BCUT2D eigenvalue weighted by Crippen LogP contribution is 2.30. The molecule has 0 aliphatic rings. The maximum atomic E-state index is 10.8. The molecule has 0 aromatic heterocycles. The van der Waals surface area contributed by atoms with E-state index in [-0.39, 0.29) is 11.4 Å². The second-order valence-electron chi connectivity index (χ2n) is 5.13. The Balaban J connectivity index is 1.64. The number of nitrogens with two attached hydrogens (primary N) is 1. The number of nitro benzene ring substituents is 1. The Kier molecular flexibility index (Phi) is 6.38. The second kappa shape index (κ2) is 8.75. The summed E-state index contributed by atoms with van der Waals surface area (Å²) in [6.07, 6.45) is 2.08. The van der Waals surface area contributed by atoms with E-state index in [1.54, 1.807) is 12.1 Å². The minimum absolute atomic E-state index is 0.0709. The van der Waals surface area contributed by atoms with E-state index in [9.17, 15) is 10.1 Å². The van der Waals surface area contributed by atoms with Crippen LogP contribution in [-0.2, 0) is 6.42 Å². The Hall–Kier alpha value is -2.60. The maximum absolute atomic E-state index is 10.8. The fraction of sp³-hybridized carbons (Fsp3) is 0.294. The van der Waals surface area contributed by atoms with Crippen LogP contribution in [0.2, 0.25) is 0 Å². The standard InChI is InChI=1S/C17H21N3O3/c18-17-15(20(21)22)9-4-10-16(17)23-13-12-19-11-5-8-14-6-2-1-3-7-14/h1-4,6-7,9-10,19H,5,8,11-13,18H2. The Morgan fingerprint density at radius 1 is 1.09 bits per heavy atom. The summed E-state index contributed by atoms with van der Waals surface area (Å²) in [6.45, 7) is 1.97. The quantitative estimate of drug-likeness (QED) is 0.321. The number of para-hydroxylation sites is 1. The Morgan fingerprint density at radius 3 is 2.61 bits per heavy atom. The number of nitro groups is 1. The third kappa shape index (κ3) is 5.27. The summed E-state index contributed by atoms with van der Waals surface area (Å²) in [5, 5.41) is 14.1. The average molecular weight is 315 g/mol. The first-order valence-electron chi connectivity index (χ1n) is 7.59. The van der Waals surface area contributed by atoms with E-state index < -0.39 is 4.92 Å². The van der Waals surface area contributed by atoms with E-state index in [2.05, 4.69) is 17.4 Å². The molecule has 2 rings (SSSR count).